The number of carbonyl (C=O) groups excluding carboxylic acids is 2. The second-order valence-electron chi connectivity index (χ2n) is 6.13. The van der Waals surface area contributed by atoms with Gasteiger partial charge in [-0.25, -0.2) is 4.79 Å². The van der Waals surface area contributed by atoms with Gasteiger partial charge in [0.1, 0.15) is 6.04 Å². The Morgan fingerprint density at radius 3 is 2.48 bits per heavy atom. The van der Waals surface area contributed by atoms with Crippen molar-refractivity contribution < 1.29 is 19.2 Å². The Kier molecular flexibility index (Phi) is 9.64. The smallest absolute Gasteiger partial charge is 0.328 e. The molecular weight excluding hydrogens is 416 g/mol. The average Bonchev–Trinajstić information content (AvgIpc) is 2.70. The minimum Gasteiger partial charge on any atom is -0.467 e. The highest BCUT2D eigenvalue weighted by Gasteiger charge is 2.24. The summed E-state index contributed by atoms with van der Waals surface area (Å²) in [7, 11) is 1.27. The number of rotatable bonds is 8. The molecule has 0 saturated carbocycles. The quantitative estimate of drug-likeness (QED) is 0.379. The number of nitrogens with zero attached hydrogens (tertiary/aromatic N) is 1. The summed E-state index contributed by atoms with van der Waals surface area (Å²) < 4.78 is 4.78. The van der Waals surface area contributed by atoms with Gasteiger partial charge < -0.3 is 10.1 Å². The summed E-state index contributed by atoms with van der Waals surface area (Å²) in [4.78, 5) is 35.6. The van der Waals surface area contributed by atoms with Crippen molar-refractivity contribution in [2.24, 2.45) is 0 Å². The normalized spacial score (nSPS) is 11.1. The third-order valence-corrected chi connectivity index (χ3v) is 4.94. The summed E-state index contributed by atoms with van der Waals surface area (Å²) in [5, 5.41) is 13.9. The fraction of sp³-hybridized carbons (Fsp3) is 0.300. The number of methoxy groups -OCH3 is 1. The Labute approximate surface area is 179 Å². The number of nitrogens with one attached hydrogen (secondary N) is 1. The molecule has 1 amide bonds. The number of aryl methyl sites for hydroxylation is 1. The maximum atomic E-state index is 12.9. The lowest BCUT2D eigenvalue weighted by Crippen LogP contribution is -2.42. The first kappa shape index (κ1) is 24.5. The van der Waals surface area contributed by atoms with Gasteiger partial charge in [-0.3, -0.25) is 14.9 Å². The molecule has 9 heteroatoms. The average molecular weight is 439 g/mol. The molecule has 2 aromatic carbocycles. The summed E-state index contributed by atoms with van der Waals surface area (Å²) in [6.45, 7) is 1.87. The fourth-order valence-corrected chi connectivity index (χ4v) is 3.28. The standard InChI is InChI=1S/C20H22N2O5S.ClH/c1-13-6-4-5-7-15(13)17-12-14(22(25)26)8-9-16(17)19(23)21-18(10-11-28-3)20(24)27-2;/h4-9,12,18H,10-11H2,1-3H3,(H,21,23);1H. The molecule has 0 radical (unpaired) electrons. The summed E-state index contributed by atoms with van der Waals surface area (Å²) in [6.07, 6.45) is 2.33. The molecule has 0 aliphatic rings. The minimum atomic E-state index is -0.787. The Morgan fingerprint density at radius 1 is 1.21 bits per heavy atom. The van der Waals surface area contributed by atoms with E-state index < -0.39 is 22.8 Å². The van der Waals surface area contributed by atoms with Crippen LogP contribution in [0.1, 0.15) is 22.3 Å². The minimum absolute atomic E-state index is 0. The predicted molar refractivity (Wildman–Crippen MR) is 117 cm³/mol. The number of nitro groups is 1. The molecule has 29 heavy (non-hydrogen) atoms. The van der Waals surface area contributed by atoms with Crippen LogP contribution in [0.4, 0.5) is 5.69 Å². The maximum absolute atomic E-state index is 12.9. The molecule has 0 fully saturated rings. The molecule has 0 spiro atoms. The second-order valence-corrected chi connectivity index (χ2v) is 7.12. The van der Waals surface area contributed by atoms with E-state index in [1.54, 1.807) is 23.9 Å². The van der Waals surface area contributed by atoms with Crippen molar-refractivity contribution in [2.45, 2.75) is 19.4 Å². The van der Waals surface area contributed by atoms with Gasteiger partial charge >= 0.3 is 5.97 Å². The first-order valence-corrected chi connectivity index (χ1v) is 10.0. The zero-order valence-electron chi connectivity index (χ0n) is 16.3. The van der Waals surface area contributed by atoms with Crippen LogP contribution in [0.15, 0.2) is 42.5 Å². The zero-order valence-corrected chi connectivity index (χ0v) is 18.0. The summed E-state index contributed by atoms with van der Waals surface area (Å²) in [6, 6.07) is 10.6. The van der Waals surface area contributed by atoms with E-state index in [-0.39, 0.29) is 23.7 Å². The molecule has 0 aliphatic heterocycles. The van der Waals surface area contributed by atoms with Gasteiger partial charge in [0.05, 0.1) is 12.0 Å². The fourth-order valence-electron chi connectivity index (χ4n) is 2.80. The van der Waals surface area contributed by atoms with Crippen LogP contribution in [0, 0.1) is 17.0 Å². The number of ether oxygens (including phenoxy) is 1. The van der Waals surface area contributed by atoms with E-state index in [0.717, 1.165) is 11.1 Å². The number of hydrogen-bond donors (Lipinski definition) is 1. The number of hydrogen-bond acceptors (Lipinski definition) is 6. The third kappa shape index (κ3) is 6.20. The number of benzene rings is 2. The van der Waals surface area contributed by atoms with Crippen LogP contribution >= 0.6 is 24.2 Å². The lowest BCUT2D eigenvalue weighted by Gasteiger charge is -2.18. The van der Waals surface area contributed by atoms with Crippen LogP contribution in [0.5, 0.6) is 0 Å². The molecule has 1 unspecified atom stereocenters. The van der Waals surface area contributed by atoms with Gasteiger partial charge in [0.15, 0.2) is 0 Å². The molecule has 1 atom stereocenters. The van der Waals surface area contributed by atoms with Gasteiger partial charge in [0.25, 0.3) is 11.6 Å². The summed E-state index contributed by atoms with van der Waals surface area (Å²) in [5.41, 5.74) is 2.19. The van der Waals surface area contributed by atoms with Crippen LogP contribution in [0.25, 0.3) is 11.1 Å². The third-order valence-electron chi connectivity index (χ3n) is 4.30. The first-order chi connectivity index (χ1) is 13.4. The van der Waals surface area contributed by atoms with Crippen molar-refractivity contribution in [3.8, 4) is 11.1 Å². The lowest BCUT2D eigenvalue weighted by molar-refractivity contribution is -0.384. The molecule has 0 aliphatic carbocycles. The molecule has 0 bridgehead atoms. The highest BCUT2D eigenvalue weighted by Crippen LogP contribution is 2.30. The molecule has 7 nitrogen and oxygen atoms in total. The second kappa shape index (κ2) is 11.4. The topological polar surface area (TPSA) is 98.5 Å². The van der Waals surface area contributed by atoms with Crippen LogP contribution in [-0.2, 0) is 9.53 Å². The number of nitro benzene ring substituents is 1. The molecule has 2 aromatic rings. The van der Waals surface area contributed by atoms with E-state index in [2.05, 4.69) is 5.32 Å². The molecule has 0 saturated heterocycles. The highest BCUT2D eigenvalue weighted by molar-refractivity contribution is 7.98. The first-order valence-electron chi connectivity index (χ1n) is 8.61. The van der Waals surface area contributed by atoms with Crippen LogP contribution in [0.2, 0.25) is 0 Å². The van der Waals surface area contributed by atoms with Crippen molar-refractivity contribution in [3.05, 3.63) is 63.7 Å². The molecular formula is C20H23ClN2O5S. The van der Waals surface area contributed by atoms with Crippen molar-refractivity contribution in [1.29, 1.82) is 0 Å². The van der Waals surface area contributed by atoms with Gasteiger partial charge in [-0.2, -0.15) is 11.8 Å². The largest absolute Gasteiger partial charge is 0.467 e. The van der Waals surface area contributed by atoms with Crippen molar-refractivity contribution in [3.63, 3.8) is 0 Å². The Balaban J connectivity index is 0.00000420. The van der Waals surface area contributed by atoms with Crippen molar-refractivity contribution >= 4 is 41.7 Å². The van der Waals surface area contributed by atoms with Gasteiger partial charge in [-0.15, -0.1) is 12.4 Å². The van der Waals surface area contributed by atoms with E-state index in [9.17, 15) is 19.7 Å². The van der Waals surface area contributed by atoms with Crippen molar-refractivity contribution in [2.75, 3.05) is 19.1 Å². The van der Waals surface area contributed by atoms with Gasteiger partial charge in [-0.05, 0) is 42.5 Å². The molecule has 2 rings (SSSR count). The van der Waals surface area contributed by atoms with Crippen LogP contribution in [0.3, 0.4) is 0 Å². The van der Waals surface area contributed by atoms with Gasteiger partial charge in [0, 0.05) is 23.3 Å². The van der Waals surface area contributed by atoms with E-state index in [1.165, 1.54) is 25.3 Å². The monoisotopic (exact) mass is 438 g/mol. The van der Waals surface area contributed by atoms with E-state index in [1.807, 2.05) is 25.3 Å². The van der Waals surface area contributed by atoms with Crippen LogP contribution in [-0.4, -0.2) is 42.0 Å². The molecule has 0 aromatic heterocycles. The zero-order chi connectivity index (χ0) is 20.7. The number of esters is 1. The van der Waals surface area contributed by atoms with Gasteiger partial charge in [0.2, 0.25) is 0 Å². The Bertz CT molecular complexity index is 891. The summed E-state index contributed by atoms with van der Waals surface area (Å²) >= 11 is 1.55. The van der Waals surface area contributed by atoms with E-state index >= 15 is 0 Å². The Morgan fingerprint density at radius 2 is 1.90 bits per heavy atom. The molecule has 1 N–H and O–H groups in total. The van der Waals surface area contributed by atoms with Crippen LogP contribution < -0.4 is 5.32 Å². The maximum Gasteiger partial charge on any atom is 0.328 e. The highest BCUT2D eigenvalue weighted by atomic mass is 35.5. The number of halogens is 1. The van der Waals surface area contributed by atoms with E-state index in [0.29, 0.717) is 17.7 Å². The van der Waals surface area contributed by atoms with Crippen molar-refractivity contribution in [1.82, 2.24) is 5.32 Å². The lowest BCUT2D eigenvalue weighted by atomic mass is 9.95. The number of amides is 1. The van der Waals surface area contributed by atoms with Gasteiger partial charge in [-0.1, -0.05) is 24.3 Å². The summed E-state index contributed by atoms with van der Waals surface area (Å²) in [5.74, 6) is -0.336. The molecule has 0 heterocycles. The molecule has 156 valence electrons. The Hall–Kier alpha value is -2.58. The number of non-ortho nitro benzene ring substituents is 1. The number of thioether (sulfide) groups is 1. The predicted octanol–water partition coefficient (Wildman–Crippen LogP) is 4.02. The SMILES string of the molecule is COC(=O)C(CCSC)NC(=O)c1ccc([N+](=O)[O-])cc1-c1ccccc1C.Cl. The number of carbonyl (C=O) groups is 2. The van der Waals surface area contributed by atoms with E-state index in [4.69, 9.17) is 4.74 Å².